The molecule has 0 spiro atoms. The predicted octanol–water partition coefficient (Wildman–Crippen LogP) is 3.37. The van der Waals surface area contributed by atoms with Gasteiger partial charge in [0.2, 0.25) is 21.8 Å². The van der Waals surface area contributed by atoms with E-state index >= 15 is 0 Å². The molecule has 7 nitrogen and oxygen atoms in total. The van der Waals surface area contributed by atoms with Crippen molar-refractivity contribution in [3.63, 3.8) is 0 Å². The number of amides is 2. The molecule has 36 heavy (non-hydrogen) atoms. The standard InChI is InChI=1S/C27H30FN3O4S/c1-3-29-27(33)25(18-21-12-6-4-7-13-21)30(19-22-14-8-5-9-15-22)26(32)20-31(36(2,34)35)24-17-11-10-16-23(24)28/h4-17,25H,3,18-20H2,1-2H3,(H,29,33)/t25-/m1/s1. The predicted molar refractivity (Wildman–Crippen MR) is 138 cm³/mol. The number of hydrogen-bond acceptors (Lipinski definition) is 4. The highest BCUT2D eigenvalue weighted by atomic mass is 32.2. The lowest BCUT2D eigenvalue weighted by Gasteiger charge is -2.33. The molecule has 0 aliphatic heterocycles. The highest BCUT2D eigenvalue weighted by molar-refractivity contribution is 7.92. The van der Waals surface area contributed by atoms with Gasteiger partial charge in [0.15, 0.2) is 0 Å². The lowest BCUT2D eigenvalue weighted by molar-refractivity contribution is -0.140. The molecule has 190 valence electrons. The van der Waals surface area contributed by atoms with Crippen molar-refractivity contribution in [3.8, 4) is 0 Å². The second-order valence-electron chi connectivity index (χ2n) is 8.33. The van der Waals surface area contributed by atoms with Crippen molar-refractivity contribution < 1.29 is 22.4 Å². The number of sulfonamides is 1. The second-order valence-corrected chi connectivity index (χ2v) is 10.2. The third-order valence-corrected chi connectivity index (χ3v) is 6.74. The van der Waals surface area contributed by atoms with Gasteiger partial charge in [-0.3, -0.25) is 13.9 Å². The highest BCUT2D eigenvalue weighted by Crippen LogP contribution is 2.23. The normalized spacial score (nSPS) is 12.0. The van der Waals surface area contributed by atoms with Crippen LogP contribution in [0.3, 0.4) is 0 Å². The molecule has 0 aliphatic rings. The Morgan fingerprint density at radius 3 is 2.00 bits per heavy atom. The Kier molecular flexibility index (Phi) is 9.19. The minimum atomic E-state index is -4.01. The quantitative estimate of drug-likeness (QED) is 0.428. The van der Waals surface area contributed by atoms with E-state index in [0.717, 1.165) is 27.8 Å². The van der Waals surface area contributed by atoms with Crippen LogP contribution >= 0.6 is 0 Å². The van der Waals surface area contributed by atoms with E-state index in [1.54, 1.807) is 6.92 Å². The summed E-state index contributed by atoms with van der Waals surface area (Å²) in [5.74, 6) is -1.75. The Morgan fingerprint density at radius 2 is 1.44 bits per heavy atom. The number of carbonyl (C=O) groups excluding carboxylic acids is 2. The first-order chi connectivity index (χ1) is 17.2. The summed E-state index contributed by atoms with van der Waals surface area (Å²) in [6, 6.07) is 22.8. The molecule has 1 N–H and O–H groups in total. The monoisotopic (exact) mass is 511 g/mol. The maximum Gasteiger partial charge on any atom is 0.244 e. The molecule has 0 radical (unpaired) electrons. The van der Waals surface area contributed by atoms with Crippen molar-refractivity contribution >= 4 is 27.5 Å². The van der Waals surface area contributed by atoms with Crippen LogP contribution in [0.2, 0.25) is 0 Å². The van der Waals surface area contributed by atoms with Crippen molar-refractivity contribution in [2.45, 2.75) is 25.9 Å². The van der Waals surface area contributed by atoms with Gasteiger partial charge in [0, 0.05) is 19.5 Å². The molecule has 0 heterocycles. The summed E-state index contributed by atoms with van der Waals surface area (Å²) in [6.07, 6.45) is 1.14. The number of hydrogen-bond donors (Lipinski definition) is 1. The van der Waals surface area contributed by atoms with Crippen LogP contribution < -0.4 is 9.62 Å². The van der Waals surface area contributed by atoms with Gasteiger partial charge in [0.05, 0.1) is 11.9 Å². The molecular formula is C27H30FN3O4S. The van der Waals surface area contributed by atoms with E-state index in [-0.39, 0.29) is 24.6 Å². The lowest BCUT2D eigenvalue weighted by atomic mass is 10.0. The molecule has 0 unspecified atom stereocenters. The van der Waals surface area contributed by atoms with Crippen LogP contribution in [0.5, 0.6) is 0 Å². The minimum absolute atomic E-state index is 0.0726. The van der Waals surface area contributed by atoms with Crippen molar-refractivity contribution in [2.24, 2.45) is 0 Å². The zero-order valence-corrected chi connectivity index (χ0v) is 21.1. The number of benzene rings is 3. The van der Waals surface area contributed by atoms with Gasteiger partial charge in [0.25, 0.3) is 0 Å². The summed E-state index contributed by atoms with van der Waals surface area (Å²) in [5, 5.41) is 2.79. The van der Waals surface area contributed by atoms with Gasteiger partial charge in [0.1, 0.15) is 18.4 Å². The van der Waals surface area contributed by atoms with Crippen LogP contribution in [0.4, 0.5) is 10.1 Å². The summed E-state index contributed by atoms with van der Waals surface area (Å²) in [6.45, 7) is 1.56. The molecule has 1 atom stereocenters. The summed E-state index contributed by atoms with van der Waals surface area (Å²) >= 11 is 0. The Labute approximate surface area is 211 Å². The Hall–Kier alpha value is -3.72. The Morgan fingerprint density at radius 1 is 0.889 bits per heavy atom. The summed E-state index contributed by atoms with van der Waals surface area (Å²) < 4.78 is 40.5. The van der Waals surface area contributed by atoms with Gasteiger partial charge in [-0.1, -0.05) is 72.8 Å². The number of likely N-dealkylation sites (N-methyl/N-ethyl adjacent to an activating group) is 1. The molecule has 0 saturated heterocycles. The maximum absolute atomic E-state index is 14.5. The lowest BCUT2D eigenvalue weighted by Crippen LogP contribution is -2.53. The summed E-state index contributed by atoms with van der Waals surface area (Å²) in [7, 11) is -4.01. The molecule has 3 rings (SSSR count). The molecule has 9 heteroatoms. The molecule has 2 amide bonds. The van der Waals surface area contributed by atoms with Crippen LogP contribution in [0.1, 0.15) is 18.1 Å². The fourth-order valence-corrected chi connectivity index (χ4v) is 4.73. The SMILES string of the molecule is CCNC(=O)[C@@H](Cc1ccccc1)N(Cc1ccccc1)C(=O)CN(c1ccccc1F)S(C)(=O)=O. The number of nitrogens with one attached hydrogen (secondary N) is 1. The van der Waals surface area contributed by atoms with Gasteiger partial charge in [-0.15, -0.1) is 0 Å². The number of carbonyl (C=O) groups is 2. The summed E-state index contributed by atoms with van der Waals surface area (Å²) in [4.78, 5) is 28.3. The van der Waals surface area contributed by atoms with Crippen LogP contribution in [-0.4, -0.2) is 50.5 Å². The van der Waals surface area contributed by atoms with Gasteiger partial charge >= 0.3 is 0 Å². The third kappa shape index (κ3) is 7.14. The van der Waals surface area contributed by atoms with Crippen LogP contribution in [0.15, 0.2) is 84.9 Å². The maximum atomic E-state index is 14.5. The van der Waals surface area contributed by atoms with Crippen LogP contribution in [0.25, 0.3) is 0 Å². The first kappa shape index (κ1) is 26.9. The summed E-state index contributed by atoms with van der Waals surface area (Å²) in [5.41, 5.74) is 1.38. The van der Waals surface area contributed by atoms with Crippen molar-refractivity contribution in [1.29, 1.82) is 0 Å². The molecule has 3 aromatic carbocycles. The van der Waals surface area contributed by atoms with Crippen molar-refractivity contribution in [3.05, 3.63) is 102 Å². The van der Waals surface area contributed by atoms with Crippen molar-refractivity contribution in [2.75, 3.05) is 23.7 Å². The number of rotatable bonds is 11. The first-order valence-corrected chi connectivity index (χ1v) is 13.4. The highest BCUT2D eigenvalue weighted by Gasteiger charge is 2.33. The molecule has 0 fully saturated rings. The van der Waals surface area contributed by atoms with E-state index in [0.29, 0.717) is 6.54 Å². The van der Waals surface area contributed by atoms with E-state index < -0.39 is 34.3 Å². The topological polar surface area (TPSA) is 86.8 Å². The van der Waals surface area contributed by atoms with Crippen LogP contribution in [0, 0.1) is 5.82 Å². The Bertz CT molecular complexity index is 1270. The first-order valence-electron chi connectivity index (χ1n) is 11.6. The average molecular weight is 512 g/mol. The molecule has 3 aromatic rings. The fraction of sp³-hybridized carbons (Fsp3) is 0.259. The minimum Gasteiger partial charge on any atom is -0.355 e. The molecule has 0 aliphatic carbocycles. The van der Waals surface area contributed by atoms with Crippen molar-refractivity contribution in [1.82, 2.24) is 10.2 Å². The zero-order chi connectivity index (χ0) is 26.1. The molecule has 0 bridgehead atoms. The number of halogens is 1. The van der Waals surface area contributed by atoms with Gasteiger partial charge in [-0.25, -0.2) is 12.8 Å². The van der Waals surface area contributed by atoms with E-state index in [4.69, 9.17) is 0 Å². The van der Waals surface area contributed by atoms with Crippen LogP contribution in [-0.2, 0) is 32.6 Å². The largest absolute Gasteiger partial charge is 0.355 e. The van der Waals surface area contributed by atoms with Gasteiger partial charge < -0.3 is 10.2 Å². The van der Waals surface area contributed by atoms with E-state index in [9.17, 15) is 22.4 Å². The van der Waals surface area contributed by atoms with E-state index in [1.165, 1.54) is 23.1 Å². The van der Waals surface area contributed by atoms with E-state index in [1.807, 2.05) is 60.7 Å². The number of para-hydroxylation sites is 1. The molecule has 0 saturated carbocycles. The average Bonchev–Trinajstić information content (AvgIpc) is 2.86. The molecular weight excluding hydrogens is 481 g/mol. The Balaban J connectivity index is 2.03. The fourth-order valence-electron chi connectivity index (χ4n) is 3.87. The number of nitrogens with zero attached hydrogens (tertiary/aromatic N) is 2. The van der Waals surface area contributed by atoms with E-state index in [2.05, 4.69) is 5.32 Å². The zero-order valence-electron chi connectivity index (χ0n) is 20.3. The van der Waals surface area contributed by atoms with Gasteiger partial charge in [-0.05, 0) is 30.2 Å². The third-order valence-electron chi connectivity index (χ3n) is 5.62. The number of anilines is 1. The molecule has 0 aromatic heterocycles. The smallest absolute Gasteiger partial charge is 0.244 e. The van der Waals surface area contributed by atoms with Gasteiger partial charge in [-0.2, -0.15) is 0 Å². The second kappa shape index (κ2) is 12.3.